The molecule has 0 saturated carbocycles. The largest absolute Gasteiger partial charge is 0.468 e. The van der Waals surface area contributed by atoms with E-state index in [-0.39, 0.29) is 0 Å². The number of likely N-dealkylation sites (N-methyl/N-ethyl adjacent to an activating group) is 1. The molecule has 1 N–H and O–H groups in total. The highest BCUT2D eigenvalue weighted by Crippen LogP contribution is 2.13. The Labute approximate surface area is 117 Å². The van der Waals surface area contributed by atoms with E-state index in [1.807, 2.05) is 0 Å². The maximum atomic E-state index is 5.58. The van der Waals surface area contributed by atoms with Crippen LogP contribution in [0.5, 0.6) is 0 Å². The molecule has 0 aliphatic heterocycles. The molecule has 19 heavy (non-hydrogen) atoms. The van der Waals surface area contributed by atoms with E-state index in [2.05, 4.69) is 37.1 Å². The van der Waals surface area contributed by atoms with E-state index >= 15 is 0 Å². The second-order valence-corrected chi connectivity index (χ2v) is 5.26. The zero-order valence-corrected chi connectivity index (χ0v) is 12.7. The number of methoxy groups -OCH3 is 1. The van der Waals surface area contributed by atoms with Crippen LogP contribution in [0.3, 0.4) is 0 Å². The van der Waals surface area contributed by atoms with Crippen LogP contribution in [0.25, 0.3) is 0 Å². The lowest BCUT2D eigenvalue weighted by molar-refractivity contribution is 0.147. The van der Waals surface area contributed by atoms with Crippen molar-refractivity contribution in [3.63, 3.8) is 0 Å². The lowest BCUT2D eigenvalue weighted by atomic mass is 10.2. The second-order valence-electron chi connectivity index (χ2n) is 5.26. The Hall–Kier alpha value is -0.840. The van der Waals surface area contributed by atoms with Gasteiger partial charge in [-0.3, -0.25) is 4.90 Å². The standard InChI is InChI=1S/C15H28N2O2/c1-5-17(7-9-18-4)12-14-6-8-19-15(14)11-16-10-13(2)3/h6,8,13,16H,5,7,9-12H2,1-4H3. The molecular formula is C15H28N2O2. The Balaban J connectivity index is 2.46. The van der Waals surface area contributed by atoms with Gasteiger partial charge in [0.1, 0.15) is 5.76 Å². The minimum Gasteiger partial charge on any atom is -0.468 e. The van der Waals surface area contributed by atoms with Gasteiger partial charge in [-0.05, 0) is 25.1 Å². The van der Waals surface area contributed by atoms with E-state index < -0.39 is 0 Å². The first kappa shape index (κ1) is 16.2. The third-order valence-electron chi connectivity index (χ3n) is 3.13. The van der Waals surface area contributed by atoms with Crippen molar-refractivity contribution in [3.8, 4) is 0 Å². The van der Waals surface area contributed by atoms with Crippen LogP contribution >= 0.6 is 0 Å². The van der Waals surface area contributed by atoms with Crippen molar-refractivity contribution < 1.29 is 9.15 Å². The first-order valence-corrected chi connectivity index (χ1v) is 7.14. The summed E-state index contributed by atoms with van der Waals surface area (Å²) in [6.45, 7) is 12.1. The first-order chi connectivity index (χ1) is 9.17. The SMILES string of the molecule is CCN(CCOC)Cc1ccoc1CNCC(C)C. The van der Waals surface area contributed by atoms with Gasteiger partial charge in [0.05, 0.1) is 19.4 Å². The van der Waals surface area contributed by atoms with Crippen molar-refractivity contribution in [2.45, 2.75) is 33.9 Å². The summed E-state index contributed by atoms with van der Waals surface area (Å²) in [5.41, 5.74) is 1.27. The molecule has 1 heterocycles. The van der Waals surface area contributed by atoms with E-state index in [4.69, 9.17) is 9.15 Å². The number of furan rings is 1. The van der Waals surface area contributed by atoms with Crippen LogP contribution in [0.15, 0.2) is 16.7 Å². The smallest absolute Gasteiger partial charge is 0.122 e. The van der Waals surface area contributed by atoms with Gasteiger partial charge in [-0.1, -0.05) is 20.8 Å². The summed E-state index contributed by atoms with van der Waals surface area (Å²) in [7, 11) is 1.74. The fourth-order valence-electron chi connectivity index (χ4n) is 1.95. The second kappa shape index (κ2) is 9.13. The predicted molar refractivity (Wildman–Crippen MR) is 78.1 cm³/mol. The van der Waals surface area contributed by atoms with Gasteiger partial charge in [0.2, 0.25) is 0 Å². The van der Waals surface area contributed by atoms with Gasteiger partial charge in [0.25, 0.3) is 0 Å². The van der Waals surface area contributed by atoms with Gasteiger partial charge in [0.15, 0.2) is 0 Å². The Bertz CT molecular complexity index is 337. The van der Waals surface area contributed by atoms with Crippen LogP contribution in [0, 0.1) is 5.92 Å². The fourth-order valence-corrected chi connectivity index (χ4v) is 1.95. The summed E-state index contributed by atoms with van der Waals surface area (Å²) < 4.78 is 10.7. The van der Waals surface area contributed by atoms with E-state index in [0.29, 0.717) is 5.92 Å². The molecule has 0 spiro atoms. The molecule has 0 aliphatic carbocycles. The zero-order chi connectivity index (χ0) is 14.1. The molecular weight excluding hydrogens is 240 g/mol. The summed E-state index contributed by atoms with van der Waals surface area (Å²) in [5.74, 6) is 1.71. The highest BCUT2D eigenvalue weighted by atomic mass is 16.5. The van der Waals surface area contributed by atoms with Crippen molar-refractivity contribution in [3.05, 3.63) is 23.7 Å². The molecule has 0 aromatic carbocycles. The van der Waals surface area contributed by atoms with E-state index in [0.717, 1.165) is 45.1 Å². The Morgan fingerprint density at radius 1 is 1.42 bits per heavy atom. The molecule has 0 fully saturated rings. The van der Waals surface area contributed by atoms with Gasteiger partial charge < -0.3 is 14.5 Å². The summed E-state index contributed by atoms with van der Waals surface area (Å²) >= 11 is 0. The molecule has 0 aliphatic rings. The molecule has 4 heteroatoms. The van der Waals surface area contributed by atoms with Crippen LogP contribution in [0.4, 0.5) is 0 Å². The number of hydrogen-bond acceptors (Lipinski definition) is 4. The van der Waals surface area contributed by atoms with Crippen molar-refractivity contribution in [1.82, 2.24) is 10.2 Å². The number of rotatable bonds is 10. The highest BCUT2D eigenvalue weighted by molar-refractivity contribution is 5.16. The van der Waals surface area contributed by atoms with Gasteiger partial charge >= 0.3 is 0 Å². The summed E-state index contributed by atoms with van der Waals surface area (Å²) in [6.07, 6.45) is 1.78. The maximum absolute atomic E-state index is 5.58. The van der Waals surface area contributed by atoms with Crippen molar-refractivity contribution in [2.24, 2.45) is 5.92 Å². The zero-order valence-electron chi connectivity index (χ0n) is 12.7. The first-order valence-electron chi connectivity index (χ1n) is 7.14. The van der Waals surface area contributed by atoms with Crippen LogP contribution in [-0.2, 0) is 17.8 Å². The molecule has 1 rings (SSSR count). The Morgan fingerprint density at radius 2 is 2.21 bits per heavy atom. The molecule has 0 unspecified atom stereocenters. The number of nitrogens with zero attached hydrogens (tertiary/aromatic N) is 1. The average molecular weight is 268 g/mol. The molecule has 0 bridgehead atoms. The molecule has 1 aromatic rings. The average Bonchev–Trinajstić information content (AvgIpc) is 2.81. The topological polar surface area (TPSA) is 37.6 Å². The Kier molecular flexibility index (Phi) is 7.79. The van der Waals surface area contributed by atoms with Gasteiger partial charge in [-0.2, -0.15) is 0 Å². The van der Waals surface area contributed by atoms with Crippen LogP contribution in [-0.4, -0.2) is 38.3 Å². The predicted octanol–water partition coefficient (Wildman–Crippen LogP) is 2.49. The summed E-state index contributed by atoms with van der Waals surface area (Å²) in [5, 5.41) is 3.43. The van der Waals surface area contributed by atoms with Gasteiger partial charge in [0, 0.05) is 25.8 Å². The molecule has 0 atom stereocenters. The summed E-state index contributed by atoms with van der Waals surface area (Å²) in [6, 6.07) is 2.07. The van der Waals surface area contributed by atoms with E-state index in [9.17, 15) is 0 Å². The lowest BCUT2D eigenvalue weighted by Crippen LogP contribution is -2.27. The summed E-state index contributed by atoms with van der Waals surface area (Å²) in [4.78, 5) is 2.36. The lowest BCUT2D eigenvalue weighted by Gasteiger charge is -2.19. The van der Waals surface area contributed by atoms with Crippen molar-refractivity contribution in [2.75, 3.05) is 33.4 Å². The van der Waals surface area contributed by atoms with E-state index in [1.54, 1.807) is 13.4 Å². The normalized spacial score (nSPS) is 11.7. The molecule has 4 nitrogen and oxygen atoms in total. The minimum atomic E-state index is 0.659. The third kappa shape index (κ3) is 6.23. The quantitative estimate of drug-likeness (QED) is 0.707. The fraction of sp³-hybridized carbons (Fsp3) is 0.733. The molecule has 0 radical (unpaired) electrons. The van der Waals surface area contributed by atoms with Crippen LogP contribution in [0.1, 0.15) is 32.1 Å². The van der Waals surface area contributed by atoms with Crippen molar-refractivity contribution >= 4 is 0 Å². The molecule has 1 aromatic heterocycles. The van der Waals surface area contributed by atoms with Crippen molar-refractivity contribution in [1.29, 1.82) is 0 Å². The van der Waals surface area contributed by atoms with E-state index in [1.165, 1.54) is 5.56 Å². The molecule has 110 valence electrons. The number of hydrogen-bond donors (Lipinski definition) is 1. The monoisotopic (exact) mass is 268 g/mol. The Morgan fingerprint density at radius 3 is 2.84 bits per heavy atom. The number of ether oxygens (including phenoxy) is 1. The molecule has 0 amide bonds. The molecule has 0 saturated heterocycles. The van der Waals surface area contributed by atoms with Crippen LogP contribution in [0.2, 0.25) is 0 Å². The highest BCUT2D eigenvalue weighted by Gasteiger charge is 2.10. The third-order valence-corrected chi connectivity index (χ3v) is 3.13. The maximum Gasteiger partial charge on any atom is 0.122 e. The van der Waals surface area contributed by atoms with Gasteiger partial charge in [-0.15, -0.1) is 0 Å². The number of nitrogens with one attached hydrogen (secondary N) is 1. The van der Waals surface area contributed by atoms with Gasteiger partial charge in [-0.25, -0.2) is 0 Å². The van der Waals surface area contributed by atoms with Crippen LogP contribution < -0.4 is 5.32 Å². The minimum absolute atomic E-state index is 0.659.